The molecule has 44 heavy (non-hydrogen) atoms. The predicted molar refractivity (Wildman–Crippen MR) is 167 cm³/mol. The van der Waals surface area contributed by atoms with E-state index in [1.165, 1.54) is 16.7 Å². The third-order valence-corrected chi connectivity index (χ3v) is 8.31. The quantitative estimate of drug-likeness (QED) is 0.222. The molecular weight excluding hydrogens is 548 g/mol. The van der Waals surface area contributed by atoms with Crippen molar-refractivity contribution in [3.05, 3.63) is 143 Å². The van der Waals surface area contributed by atoms with Crippen LogP contribution in [0.5, 0.6) is 0 Å². The third-order valence-electron chi connectivity index (χ3n) is 8.31. The van der Waals surface area contributed by atoms with Gasteiger partial charge < -0.3 is 5.73 Å². The van der Waals surface area contributed by atoms with Crippen LogP contribution in [0.4, 0.5) is 0 Å². The van der Waals surface area contributed by atoms with Gasteiger partial charge in [-0.3, -0.25) is 0 Å². The molecule has 4 atom stereocenters. The first kappa shape index (κ1) is 29.1. The number of quaternary nitrogens is 1. The van der Waals surface area contributed by atoms with Crippen molar-refractivity contribution in [3.63, 3.8) is 0 Å². The van der Waals surface area contributed by atoms with Crippen LogP contribution in [-0.2, 0) is 12.8 Å². The zero-order valence-electron chi connectivity index (χ0n) is 25.4. The monoisotopic (exact) mass is 587 g/mol. The van der Waals surface area contributed by atoms with Crippen LogP contribution in [-0.4, -0.2) is 45.0 Å². The lowest BCUT2D eigenvalue weighted by Crippen LogP contribution is -2.56. The fourth-order valence-corrected chi connectivity index (χ4v) is 5.41. The maximum Gasteiger partial charge on any atom is 0.140 e. The second-order valence-corrected chi connectivity index (χ2v) is 11.7. The van der Waals surface area contributed by atoms with E-state index in [1.807, 2.05) is 63.0 Å². The zero-order chi connectivity index (χ0) is 30.5. The summed E-state index contributed by atoms with van der Waals surface area (Å²) in [7, 11) is 0. The summed E-state index contributed by atoms with van der Waals surface area (Å²) < 4.78 is 5.73. The number of benzene rings is 3. The third kappa shape index (κ3) is 6.50. The van der Waals surface area contributed by atoms with E-state index in [4.69, 9.17) is 5.10 Å². The van der Waals surface area contributed by atoms with Crippen molar-refractivity contribution in [2.75, 3.05) is 0 Å². The Morgan fingerprint density at radius 3 is 1.45 bits per heavy atom. The van der Waals surface area contributed by atoms with Gasteiger partial charge in [0, 0.05) is 18.8 Å². The standard InChI is InChI=1S/C34H38N10/c1-24(2)34(35)31-23-44(41-38-31)33(20-27-15-9-5-10-16-27)30-22-43(40-37-30)32(19-26-13-7-4-8-14-26)29-21-42(39-36-29)25(3)28-17-11-6-12-18-28/h4-18,21-25,32-34H,19-20,35H2,1-3H3/p+1/t25-,32+,33+,34+/m1/s1. The number of rotatable bonds is 12. The molecule has 10 heteroatoms. The smallest absolute Gasteiger partial charge is 0.140 e. The van der Waals surface area contributed by atoms with Crippen LogP contribution >= 0.6 is 0 Å². The van der Waals surface area contributed by atoms with Gasteiger partial charge in [0.2, 0.25) is 0 Å². The maximum atomic E-state index is 4.71. The van der Waals surface area contributed by atoms with Gasteiger partial charge in [0.05, 0.1) is 24.6 Å². The van der Waals surface area contributed by atoms with Crippen LogP contribution in [0.2, 0.25) is 0 Å². The van der Waals surface area contributed by atoms with E-state index in [2.05, 4.69) is 113 Å². The van der Waals surface area contributed by atoms with E-state index < -0.39 is 0 Å². The summed E-state index contributed by atoms with van der Waals surface area (Å²) >= 11 is 0. The highest BCUT2D eigenvalue weighted by atomic mass is 15.5. The zero-order valence-corrected chi connectivity index (χ0v) is 25.4. The van der Waals surface area contributed by atoms with E-state index in [1.54, 1.807) is 0 Å². The molecule has 3 aromatic heterocycles. The van der Waals surface area contributed by atoms with E-state index >= 15 is 0 Å². The Hall–Kier alpha value is -4.96. The van der Waals surface area contributed by atoms with Gasteiger partial charge in [-0.05, 0) is 23.6 Å². The SMILES string of the molecule is CC(C)[C@H]([NH3+])c1cn([C@@H](Cc2ccccc2)c2cn([C@@H](Cc3ccccc3)c3cn([C@H](C)c4ccccc4)nn3)nn2)nn1. The lowest BCUT2D eigenvalue weighted by Gasteiger charge is -2.16. The summed E-state index contributed by atoms with van der Waals surface area (Å²) in [6.07, 6.45) is 7.43. The topological polar surface area (TPSA) is 120 Å². The molecule has 224 valence electrons. The van der Waals surface area contributed by atoms with Crippen molar-refractivity contribution in [2.45, 2.75) is 57.8 Å². The van der Waals surface area contributed by atoms with E-state index in [0.717, 1.165) is 17.1 Å². The summed E-state index contributed by atoms with van der Waals surface area (Å²) in [6.45, 7) is 6.42. The molecule has 3 aromatic carbocycles. The van der Waals surface area contributed by atoms with Gasteiger partial charge in [0.1, 0.15) is 35.2 Å². The first-order valence-electron chi connectivity index (χ1n) is 15.2. The Labute approximate surface area is 257 Å². The molecule has 0 unspecified atom stereocenters. The van der Waals surface area contributed by atoms with Gasteiger partial charge in [-0.1, -0.05) is 120 Å². The largest absolute Gasteiger partial charge is 0.350 e. The van der Waals surface area contributed by atoms with Crippen molar-refractivity contribution in [3.8, 4) is 0 Å². The van der Waals surface area contributed by atoms with Crippen molar-refractivity contribution in [2.24, 2.45) is 5.92 Å². The Bertz CT molecular complexity index is 1740. The second kappa shape index (κ2) is 13.1. The lowest BCUT2D eigenvalue weighted by molar-refractivity contribution is -0.439. The summed E-state index contributed by atoms with van der Waals surface area (Å²) in [4.78, 5) is 0. The first-order valence-corrected chi connectivity index (χ1v) is 15.2. The highest BCUT2D eigenvalue weighted by molar-refractivity contribution is 5.23. The van der Waals surface area contributed by atoms with Gasteiger partial charge in [-0.25, -0.2) is 14.0 Å². The van der Waals surface area contributed by atoms with Crippen molar-refractivity contribution in [1.82, 2.24) is 45.0 Å². The minimum Gasteiger partial charge on any atom is -0.350 e. The highest BCUT2D eigenvalue weighted by Gasteiger charge is 2.27. The normalized spacial score (nSPS) is 14.4. The molecule has 0 saturated heterocycles. The van der Waals surface area contributed by atoms with Crippen LogP contribution < -0.4 is 5.73 Å². The van der Waals surface area contributed by atoms with Crippen LogP contribution in [0.25, 0.3) is 0 Å². The van der Waals surface area contributed by atoms with Gasteiger partial charge in [0.15, 0.2) is 0 Å². The molecule has 0 radical (unpaired) electrons. The molecule has 0 saturated carbocycles. The molecule has 0 fully saturated rings. The van der Waals surface area contributed by atoms with Crippen molar-refractivity contribution >= 4 is 0 Å². The molecule has 6 aromatic rings. The minimum absolute atomic E-state index is 0.0422. The van der Waals surface area contributed by atoms with E-state index in [9.17, 15) is 0 Å². The molecule has 0 bridgehead atoms. The molecule has 0 aliphatic carbocycles. The second-order valence-electron chi connectivity index (χ2n) is 11.7. The van der Waals surface area contributed by atoms with Crippen LogP contribution in [0.1, 0.15) is 78.7 Å². The average molecular weight is 588 g/mol. The van der Waals surface area contributed by atoms with Crippen LogP contribution in [0.3, 0.4) is 0 Å². The molecule has 0 amide bonds. The highest BCUT2D eigenvalue weighted by Crippen LogP contribution is 2.27. The van der Waals surface area contributed by atoms with Gasteiger partial charge >= 0.3 is 0 Å². The Kier molecular flexibility index (Phi) is 8.69. The van der Waals surface area contributed by atoms with Crippen molar-refractivity contribution in [1.29, 1.82) is 0 Å². The van der Waals surface area contributed by atoms with E-state index in [-0.39, 0.29) is 24.2 Å². The lowest BCUT2D eigenvalue weighted by atomic mass is 10.0. The average Bonchev–Trinajstić information content (AvgIpc) is 3.85. The summed E-state index contributed by atoms with van der Waals surface area (Å²) in [5.74, 6) is 0.352. The fourth-order valence-electron chi connectivity index (χ4n) is 5.41. The van der Waals surface area contributed by atoms with Crippen LogP contribution in [0, 0.1) is 5.92 Å². The number of hydrogen-bond acceptors (Lipinski definition) is 6. The molecular formula is C34H39N10+. The molecule has 0 aliphatic heterocycles. The fraction of sp³-hybridized carbons (Fsp3) is 0.294. The molecule has 0 aliphatic rings. The van der Waals surface area contributed by atoms with Gasteiger partial charge in [-0.15, -0.1) is 15.3 Å². The van der Waals surface area contributed by atoms with Gasteiger partial charge in [0.25, 0.3) is 0 Å². The molecule has 3 N–H and O–H groups in total. The number of hydrogen-bond donors (Lipinski definition) is 1. The maximum absolute atomic E-state index is 4.71. The first-order chi connectivity index (χ1) is 21.5. The molecule has 6 rings (SSSR count). The molecule has 3 heterocycles. The summed E-state index contributed by atoms with van der Waals surface area (Å²) in [5.41, 5.74) is 10.3. The van der Waals surface area contributed by atoms with E-state index in [0.29, 0.717) is 18.8 Å². The summed E-state index contributed by atoms with van der Waals surface area (Å²) in [5, 5.41) is 27.6. The predicted octanol–water partition coefficient (Wildman–Crippen LogP) is 4.67. The van der Waals surface area contributed by atoms with Gasteiger partial charge in [-0.2, -0.15) is 0 Å². The minimum atomic E-state index is -0.204. The molecule has 0 spiro atoms. The number of aromatic nitrogens is 9. The Balaban J connectivity index is 1.35. The van der Waals surface area contributed by atoms with Crippen LogP contribution in [0.15, 0.2) is 110 Å². The molecule has 10 nitrogen and oxygen atoms in total. The Morgan fingerprint density at radius 1 is 0.545 bits per heavy atom. The number of nitrogens with zero attached hydrogens (tertiary/aromatic N) is 9. The van der Waals surface area contributed by atoms with Crippen molar-refractivity contribution < 1.29 is 5.73 Å². The summed E-state index contributed by atoms with van der Waals surface area (Å²) in [6, 6.07) is 30.8. The Morgan fingerprint density at radius 2 is 0.955 bits per heavy atom.